The van der Waals surface area contributed by atoms with E-state index in [1.807, 2.05) is 46.2 Å². The third-order valence-electron chi connectivity index (χ3n) is 6.10. The van der Waals surface area contributed by atoms with Gasteiger partial charge in [-0.15, -0.1) is 0 Å². The molecule has 1 saturated heterocycles. The van der Waals surface area contributed by atoms with Crippen LogP contribution in [-0.2, 0) is 24.3 Å². The molecule has 1 amide bonds. The number of carbonyl (C=O) groups is 1. The first kappa shape index (κ1) is 18.2. The summed E-state index contributed by atoms with van der Waals surface area (Å²) in [7, 11) is 2.12. The smallest absolute Gasteiger partial charge is 0.225 e. The maximum Gasteiger partial charge on any atom is 0.225 e. The zero-order valence-electron chi connectivity index (χ0n) is 16.8. The number of nitrogens with zero attached hydrogens (tertiary/aromatic N) is 6. The molecule has 7 nitrogen and oxygen atoms in total. The Bertz CT molecular complexity index is 1040. The van der Waals surface area contributed by atoms with Crippen LogP contribution in [0.3, 0.4) is 0 Å². The molecule has 0 N–H and O–H groups in total. The van der Waals surface area contributed by atoms with E-state index < -0.39 is 0 Å². The molecular weight excluding hydrogens is 364 g/mol. The topological polar surface area (TPSA) is 67.2 Å². The Kier molecular flexibility index (Phi) is 4.75. The molecule has 3 aromatic rings. The lowest BCUT2D eigenvalue weighted by Crippen LogP contribution is -2.33. The number of hydrogen-bond donors (Lipinski definition) is 0. The van der Waals surface area contributed by atoms with E-state index in [1.165, 1.54) is 5.56 Å². The van der Waals surface area contributed by atoms with E-state index in [2.05, 4.69) is 22.0 Å². The lowest BCUT2D eigenvalue weighted by atomic mass is 10.1. The lowest BCUT2D eigenvalue weighted by Gasteiger charge is -2.27. The highest BCUT2D eigenvalue weighted by Crippen LogP contribution is 2.31. The fraction of sp³-hybridized carbons (Fsp3) is 0.455. The molecule has 29 heavy (non-hydrogen) atoms. The van der Waals surface area contributed by atoms with E-state index in [0.29, 0.717) is 13.0 Å². The average molecular weight is 390 g/mol. The first-order valence-corrected chi connectivity index (χ1v) is 10.4. The average Bonchev–Trinajstić information content (AvgIpc) is 3.39. The number of benzene rings is 1. The lowest BCUT2D eigenvalue weighted by molar-refractivity contribution is -0.132. The van der Waals surface area contributed by atoms with Crippen LogP contribution in [0.25, 0.3) is 10.9 Å². The predicted octanol–water partition coefficient (Wildman–Crippen LogP) is 2.57. The number of hydrogen-bond acceptors (Lipinski definition) is 5. The van der Waals surface area contributed by atoms with Gasteiger partial charge in [0.05, 0.1) is 24.3 Å². The summed E-state index contributed by atoms with van der Waals surface area (Å²) in [5.74, 6) is 0.969. The second-order valence-electron chi connectivity index (χ2n) is 8.11. The van der Waals surface area contributed by atoms with Crippen molar-refractivity contribution in [1.29, 1.82) is 0 Å². The van der Waals surface area contributed by atoms with Crippen molar-refractivity contribution in [2.75, 3.05) is 20.1 Å². The second kappa shape index (κ2) is 7.55. The minimum atomic E-state index is 0.00169. The van der Waals surface area contributed by atoms with Crippen LogP contribution in [0.4, 0.5) is 0 Å². The Morgan fingerprint density at radius 2 is 2.10 bits per heavy atom. The highest BCUT2D eigenvalue weighted by atomic mass is 16.2. The van der Waals surface area contributed by atoms with Gasteiger partial charge in [-0.2, -0.15) is 5.10 Å². The molecule has 5 rings (SSSR count). The van der Waals surface area contributed by atoms with E-state index in [-0.39, 0.29) is 11.9 Å². The Balaban J connectivity index is 1.30. The van der Waals surface area contributed by atoms with Crippen molar-refractivity contribution >= 4 is 16.8 Å². The second-order valence-corrected chi connectivity index (χ2v) is 8.11. The fourth-order valence-corrected chi connectivity index (χ4v) is 4.52. The molecule has 0 spiro atoms. The summed E-state index contributed by atoms with van der Waals surface area (Å²) in [6, 6.07) is 8.10. The molecule has 4 heterocycles. The van der Waals surface area contributed by atoms with Crippen LogP contribution in [0.2, 0.25) is 0 Å². The number of fused-ring (bicyclic) bond motifs is 2. The third-order valence-corrected chi connectivity index (χ3v) is 6.10. The van der Waals surface area contributed by atoms with E-state index in [4.69, 9.17) is 4.98 Å². The summed E-state index contributed by atoms with van der Waals surface area (Å²) in [5, 5.41) is 5.55. The van der Waals surface area contributed by atoms with E-state index >= 15 is 0 Å². The molecule has 2 aliphatic rings. The maximum atomic E-state index is 13.0. The third kappa shape index (κ3) is 3.51. The van der Waals surface area contributed by atoms with Crippen LogP contribution in [0, 0.1) is 0 Å². The standard InChI is InChI=1S/C22H26N6O/c1-26-11-8-18-17(15-26)13-23-22(25-18)20-7-4-10-27(20)21(29)9-12-28-19-6-3-2-5-16(19)14-24-28/h2-3,5-6,13-14,20H,4,7-12,15H2,1H3/t20-/m0/s1. The van der Waals surface area contributed by atoms with Crippen molar-refractivity contribution in [3.8, 4) is 0 Å². The first-order valence-electron chi connectivity index (χ1n) is 10.4. The molecule has 2 aromatic heterocycles. The van der Waals surface area contributed by atoms with Gasteiger partial charge in [-0.05, 0) is 26.0 Å². The van der Waals surface area contributed by atoms with Crippen molar-refractivity contribution in [2.45, 2.75) is 44.8 Å². The zero-order valence-corrected chi connectivity index (χ0v) is 16.8. The first-order chi connectivity index (χ1) is 14.2. The van der Waals surface area contributed by atoms with Gasteiger partial charge in [0, 0.05) is 55.3 Å². The SMILES string of the molecule is CN1CCc2nc([C@@H]3CCCN3C(=O)CCn3ncc4ccccc43)ncc2C1. The number of rotatable bonds is 4. The number of aryl methyl sites for hydroxylation is 1. The van der Waals surface area contributed by atoms with Crippen molar-refractivity contribution in [3.63, 3.8) is 0 Å². The molecule has 0 unspecified atom stereocenters. The van der Waals surface area contributed by atoms with Crippen LogP contribution in [-0.4, -0.2) is 55.6 Å². The fourth-order valence-electron chi connectivity index (χ4n) is 4.52. The Hall–Kier alpha value is -2.80. The van der Waals surface area contributed by atoms with E-state index in [1.54, 1.807) is 0 Å². The summed E-state index contributed by atoms with van der Waals surface area (Å²) in [4.78, 5) is 26.8. The molecular formula is C22H26N6O. The molecule has 1 fully saturated rings. The van der Waals surface area contributed by atoms with Gasteiger partial charge in [-0.25, -0.2) is 9.97 Å². The predicted molar refractivity (Wildman–Crippen MR) is 110 cm³/mol. The Morgan fingerprint density at radius 3 is 3.03 bits per heavy atom. The zero-order chi connectivity index (χ0) is 19.8. The van der Waals surface area contributed by atoms with Crippen molar-refractivity contribution in [1.82, 2.24) is 29.5 Å². The molecule has 1 aromatic carbocycles. The Morgan fingerprint density at radius 1 is 1.21 bits per heavy atom. The van der Waals surface area contributed by atoms with E-state index in [9.17, 15) is 4.79 Å². The number of para-hydroxylation sites is 1. The molecule has 0 bridgehead atoms. The van der Waals surface area contributed by atoms with Crippen LogP contribution in [0.5, 0.6) is 0 Å². The monoisotopic (exact) mass is 390 g/mol. The highest BCUT2D eigenvalue weighted by Gasteiger charge is 2.32. The van der Waals surface area contributed by atoms with Crippen LogP contribution >= 0.6 is 0 Å². The normalized spacial score (nSPS) is 19.6. The molecule has 7 heteroatoms. The number of carbonyl (C=O) groups excluding carboxylic acids is 1. The molecule has 2 aliphatic heterocycles. The molecule has 150 valence electrons. The quantitative estimate of drug-likeness (QED) is 0.685. The highest BCUT2D eigenvalue weighted by molar-refractivity contribution is 5.79. The number of likely N-dealkylation sites (N-methyl/N-ethyl adjacent to an activating group) is 1. The summed E-state index contributed by atoms with van der Waals surface area (Å²) >= 11 is 0. The summed E-state index contributed by atoms with van der Waals surface area (Å²) in [5.41, 5.74) is 3.43. The molecule has 0 saturated carbocycles. The number of amides is 1. The summed E-state index contributed by atoms with van der Waals surface area (Å²) in [6.07, 6.45) is 7.16. The number of likely N-dealkylation sites (tertiary alicyclic amines) is 1. The van der Waals surface area contributed by atoms with Crippen molar-refractivity contribution in [3.05, 3.63) is 53.7 Å². The van der Waals surface area contributed by atoms with E-state index in [0.717, 1.165) is 61.3 Å². The van der Waals surface area contributed by atoms with Crippen LogP contribution < -0.4 is 0 Å². The van der Waals surface area contributed by atoms with Crippen LogP contribution in [0.15, 0.2) is 36.7 Å². The maximum absolute atomic E-state index is 13.0. The van der Waals surface area contributed by atoms with Gasteiger partial charge >= 0.3 is 0 Å². The van der Waals surface area contributed by atoms with Gasteiger partial charge in [-0.1, -0.05) is 18.2 Å². The molecule has 0 aliphatic carbocycles. The van der Waals surface area contributed by atoms with Gasteiger partial charge in [0.15, 0.2) is 5.82 Å². The molecule has 1 atom stereocenters. The largest absolute Gasteiger partial charge is 0.332 e. The van der Waals surface area contributed by atoms with Gasteiger partial charge in [0.2, 0.25) is 5.91 Å². The molecule has 0 radical (unpaired) electrons. The van der Waals surface area contributed by atoms with Gasteiger partial charge in [0.25, 0.3) is 0 Å². The number of aromatic nitrogens is 4. The van der Waals surface area contributed by atoms with Gasteiger partial charge in [-0.3, -0.25) is 9.48 Å². The van der Waals surface area contributed by atoms with Gasteiger partial charge < -0.3 is 9.80 Å². The van der Waals surface area contributed by atoms with Gasteiger partial charge in [0.1, 0.15) is 0 Å². The minimum absolute atomic E-state index is 0.00169. The summed E-state index contributed by atoms with van der Waals surface area (Å²) < 4.78 is 1.92. The van der Waals surface area contributed by atoms with Crippen molar-refractivity contribution < 1.29 is 4.79 Å². The van der Waals surface area contributed by atoms with Crippen molar-refractivity contribution in [2.24, 2.45) is 0 Å². The van der Waals surface area contributed by atoms with Crippen LogP contribution in [0.1, 0.15) is 42.4 Å². The Labute approximate surface area is 170 Å². The summed E-state index contributed by atoms with van der Waals surface area (Å²) in [6.45, 7) is 3.30. The minimum Gasteiger partial charge on any atom is -0.332 e.